The van der Waals surface area contributed by atoms with Crippen molar-refractivity contribution in [2.45, 2.75) is 26.2 Å². The third-order valence-corrected chi connectivity index (χ3v) is 6.39. The van der Waals surface area contributed by atoms with E-state index in [1.165, 1.54) is 44.6 Å². The van der Waals surface area contributed by atoms with Gasteiger partial charge < -0.3 is 14.4 Å². The second-order valence-corrected chi connectivity index (χ2v) is 8.30. The fourth-order valence-corrected chi connectivity index (χ4v) is 4.81. The molecule has 1 saturated heterocycles. The van der Waals surface area contributed by atoms with Gasteiger partial charge in [0.25, 0.3) is 0 Å². The Morgan fingerprint density at radius 3 is 2.40 bits per heavy atom. The van der Waals surface area contributed by atoms with Crippen LogP contribution in [0, 0.1) is 0 Å². The molecule has 152 valence electrons. The minimum absolute atomic E-state index is 0.247. The number of hydrogen-bond acceptors (Lipinski definition) is 3. The van der Waals surface area contributed by atoms with Gasteiger partial charge in [-0.25, -0.2) is 0 Å². The van der Waals surface area contributed by atoms with Gasteiger partial charge in [-0.1, -0.05) is 48.5 Å². The quantitative estimate of drug-likeness (QED) is 0.459. The lowest BCUT2D eigenvalue weighted by atomic mass is 9.89. The molecule has 3 nitrogen and oxygen atoms in total. The monoisotopic (exact) mass is 397 g/mol. The lowest BCUT2D eigenvalue weighted by Crippen LogP contribution is -2.36. The van der Waals surface area contributed by atoms with Crippen LogP contribution in [0.25, 0.3) is 22.3 Å². The summed E-state index contributed by atoms with van der Waals surface area (Å²) < 4.78 is 5.48. The predicted molar refractivity (Wildman–Crippen MR) is 122 cm³/mol. The van der Waals surface area contributed by atoms with Crippen molar-refractivity contribution in [3.63, 3.8) is 0 Å². The van der Waals surface area contributed by atoms with E-state index in [0.29, 0.717) is 6.42 Å². The number of ether oxygens (including phenoxy) is 1. The zero-order valence-electron chi connectivity index (χ0n) is 17.5. The molecule has 1 aliphatic carbocycles. The van der Waals surface area contributed by atoms with E-state index >= 15 is 0 Å². The molecule has 0 amide bonds. The number of carbonyl (C=O) groups excluding carboxylic acids is 1. The Labute approximate surface area is 178 Å². The number of morpholine rings is 1. The Hall–Kier alpha value is -2.91. The van der Waals surface area contributed by atoms with Gasteiger partial charge in [-0.05, 0) is 70.8 Å². The number of benzene rings is 3. The van der Waals surface area contributed by atoms with E-state index in [1.54, 1.807) is 6.92 Å². The van der Waals surface area contributed by atoms with Crippen LogP contribution in [-0.2, 0) is 22.4 Å². The largest absolute Gasteiger partial charge is 0.378 e. The SMILES string of the molecule is CC(=O)CCc1c(-c2ccc(N3CCOCC3)cc2)ccc2c1Cc1ccccc1-2. The highest BCUT2D eigenvalue weighted by atomic mass is 16.5. The molecule has 3 aromatic carbocycles. The third-order valence-electron chi connectivity index (χ3n) is 6.39. The van der Waals surface area contributed by atoms with Gasteiger partial charge in [0, 0.05) is 25.2 Å². The first-order valence-corrected chi connectivity index (χ1v) is 10.9. The van der Waals surface area contributed by atoms with Gasteiger partial charge in [-0.2, -0.15) is 0 Å². The number of Topliss-reactive ketones (excluding diaryl/α,β-unsaturated/α-hetero) is 1. The Morgan fingerprint density at radius 1 is 0.900 bits per heavy atom. The first-order chi connectivity index (χ1) is 14.7. The summed E-state index contributed by atoms with van der Waals surface area (Å²) >= 11 is 0. The van der Waals surface area contributed by atoms with Crippen molar-refractivity contribution < 1.29 is 9.53 Å². The Balaban J connectivity index is 1.53. The van der Waals surface area contributed by atoms with E-state index in [0.717, 1.165) is 39.1 Å². The van der Waals surface area contributed by atoms with E-state index in [1.807, 2.05) is 0 Å². The fourth-order valence-electron chi connectivity index (χ4n) is 4.81. The van der Waals surface area contributed by atoms with Crippen molar-refractivity contribution in [1.82, 2.24) is 0 Å². The average Bonchev–Trinajstić information content (AvgIpc) is 3.17. The molecule has 0 unspecified atom stereocenters. The summed E-state index contributed by atoms with van der Waals surface area (Å²) in [5.41, 5.74) is 10.5. The summed E-state index contributed by atoms with van der Waals surface area (Å²) in [5, 5.41) is 0. The van der Waals surface area contributed by atoms with E-state index < -0.39 is 0 Å². The lowest BCUT2D eigenvalue weighted by molar-refractivity contribution is -0.116. The number of anilines is 1. The molecule has 30 heavy (non-hydrogen) atoms. The van der Waals surface area contributed by atoms with E-state index in [4.69, 9.17) is 4.74 Å². The molecule has 0 atom stereocenters. The second-order valence-electron chi connectivity index (χ2n) is 8.30. The van der Waals surface area contributed by atoms with Crippen LogP contribution in [0.1, 0.15) is 30.0 Å². The van der Waals surface area contributed by atoms with Crippen LogP contribution in [-0.4, -0.2) is 32.1 Å². The van der Waals surface area contributed by atoms with Crippen LogP contribution in [0.15, 0.2) is 60.7 Å². The third kappa shape index (κ3) is 3.54. The highest BCUT2D eigenvalue weighted by molar-refractivity contribution is 5.84. The maximum absolute atomic E-state index is 11.8. The number of carbonyl (C=O) groups is 1. The van der Waals surface area contributed by atoms with E-state index in [-0.39, 0.29) is 5.78 Å². The molecule has 3 aromatic rings. The van der Waals surface area contributed by atoms with E-state index in [2.05, 4.69) is 65.6 Å². The van der Waals surface area contributed by atoms with Crippen LogP contribution < -0.4 is 4.90 Å². The molecule has 0 spiro atoms. The van der Waals surface area contributed by atoms with Gasteiger partial charge in [0.05, 0.1) is 13.2 Å². The number of fused-ring (bicyclic) bond motifs is 3. The van der Waals surface area contributed by atoms with Crippen LogP contribution in [0.4, 0.5) is 5.69 Å². The maximum Gasteiger partial charge on any atom is 0.130 e. The minimum atomic E-state index is 0.247. The molecule has 0 aromatic heterocycles. The van der Waals surface area contributed by atoms with Crippen LogP contribution in [0.5, 0.6) is 0 Å². The summed E-state index contributed by atoms with van der Waals surface area (Å²) in [6.07, 6.45) is 2.34. The second kappa shape index (κ2) is 8.08. The van der Waals surface area contributed by atoms with Crippen LogP contribution in [0.3, 0.4) is 0 Å². The molecule has 0 bridgehead atoms. The first kappa shape index (κ1) is 19.1. The highest BCUT2D eigenvalue weighted by Crippen LogP contribution is 2.42. The standard InChI is InChI=1S/C27H27NO2/c1-19(29)6-11-25-24(12-13-26-23-5-3-2-4-21(23)18-27(25)26)20-7-9-22(10-8-20)28-14-16-30-17-15-28/h2-5,7-10,12-13H,6,11,14-18H2,1H3. The zero-order chi connectivity index (χ0) is 20.5. The van der Waals surface area contributed by atoms with Gasteiger partial charge in [0.15, 0.2) is 0 Å². The number of ketones is 1. The van der Waals surface area contributed by atoms with Crippen molar-refractivity contribution in [1.29, 1.82) is 0 Å². The average molecular weight is 398 g/mol. The summed E-state index contributed by atoms with van der Waals surface area (Å²) in [4.78, 5) is 14.2. The van der Waals surface area contributed by atoms with Crippen molar-refractivity contribution in [2.24, 2.45) is 0 Å². The highest BCUT2D eigenvalue weighted by Gasteiger charge is 2.23. The van der Waals surface area contributed by atoms with Crippen LogP contribution >= 0.6 is 0 Å². The van der Waals surface area contributed by atoms with Crippen LogP contribution in [0.2, 0.25) is 0 Å². The molecule has 0 N–H and O–H groups in total. The molecule has 1 aliphatic heterocycles. The van der Waals surface area contributed by atoms with Gasteiger partial charge in [-0.15, -0.1) is 0 Å². The van der Waals surface area contributed by atoms with Crippen molar-refractivity contribution >= 4 is 11.5 Å². The van der Waals surface area contributed by atoms with Crippen molar-refractivity contribution in [3.05, 3.63) is 77.4 Å². The smallest absolute Gasteiger partial charge is 0.130 e. The molecule has 0 radical (unpaired) electrons. The maximum atomic E-state index is 11.8. The molecule has 2 aliphatic rings. The zero-order valence-corrected chi connectivity index (χ0v) is 17.5. The molecule has 0 saturated carbocycles. The van der Waals surface area contributed by atoms with E-state index in [9.17, 15) is 4.79 Å². The number of hydrogen-bond donors (Lipinski definition) is 0. The van der Waals surface area contributed by atoms with Gasteiger partial charge in [0.1, 0.15) is 5.78 Å². The van der Waals surface area contributed by atoms with Gasteiger partial charge >= 0.3 is 0 Å². The normalized spacial score (nSPS) is 15.0. The van der Waals surface area contributed by atoms with Crippen molar-refractivity contribution in [3.8, 4) is 22.3 Å². The molecule has 3 heteroatoms. The van der Waals surface area contributed by atoms with Gasteiger partial charge in [-0.3, -0.25) is 0 Å². The summed E-state index contributed by atoms with van der Waals surface area (Å²) in [6.45, 7) is 5.17. The fraction of sp³-hybridized carbons (Fsp3) is 0.296. The summed E-state index contributed by atoms with van der Waals surface area (Å²) in [6, 6.07) is 22.1. The minimum Gasteiger partial charge on any atom is -0.378 e. The Bertz CT molecular complexity index is 1080. The van der Waals surface area contributed by atoms with Crippen molar-refractivity contribution in [2.75, 3.05) is 31.2 Å². The lowest BCUT2D eigenvalue weighted by Gasteiger charge is -2.29. The summed E-state index contributed by atoms with van der Waals surface area (Å²) in [7, 11) is 0. The predicted octanol–water partition coefficient (Wildman–Crippen LogP) is 5.28. The first-order valence-electron chi connectivity index (χ1n) is 10.9. The Kier molecular flexibility index (Phi) is 5.14. The molecular formula is C27H27NO2. The summed E-state index contributed by atoms with van der Waals surface area (Å²) in [5.74, 6) is 0.247. The Morgan fingerprint density at radius 2 is 1.63 bits per heavy atom. The number of nitrogens with zero attached hydrogens (tertiary/aromatic N) is 1. The number of rotatable bonds is 5. The molecule has 5 rings (SSSR count). The topological polar surface area (TPSA) is 29.5 Å². The molecular weight excluding hydrogens is 370 g/mol. The molecule has 1 fully saturated rings. The molecule has 1 heterocycles. The van der Waals surface area contributed by atoms with Gasteiger partial charge in [0.2, 0.25) is 0 Å².